The number of hydrogen-bond acceptors (Lipinski definition) is 2. The van der Waals surface area contributed by atoms with E-state index in [1.807, 2.05) is 84.9 Å². The second-order valence-corrected chi connectivity index (χ2v) is 9.58. The van der Waals surface area contributed by atoms with Gasteiger partial charge in [-0.1, -0.05) is 118 Å². The molecule has 0 aromatic heterocycles. The fourth-order valence-corrected chi connectivity index (χ4v) is 4.40. The Morgan fingerprint density at radius 1 is 0.559 bits per heavy atom. The fourth-order valence-electron chi connectivity index (χ4n) is 4.40. The van der Waals surface area contributed by atoms with Crippen molar-refractivity contribution in [3.05, 3.63) is 115 Å². The molecule has 0 aliphatic heterocycles. The zero-order chi connectivity index (χ0) is 23.7. The highest BCUT2D eigenvalue weighted by molar-refractivity contribution is 6.08. The van der Waals surface area contributed by atoms with Crippen LogP contribution in [0.15, 0.2) is 109 Å². The molecule has 2 heteroatoms. The lowest BCUT2D eigenvalue weighted by atomic mass is 9.87. The summed E-state index contributed by atoms with van der Waals surface area (Å²) in [6, 6.07) is 36.3. The predicted octanol–water partition coefficient (Wildman–Crippen LogP) is 8.97. The summed E-state index contributed by atoms with van der Waals surface area (Å²) in [5, 5.41) is 13.1. The maximum Gasteiger partial charge on any atom is 0.143 e. The first-order valence-electron chi connectivity index (χ1n) is 11.6. The van der Waals surface area contributed by atoms with Gasteiger partial charge in [-0.3, -0.25) is 0 Å². The first-order valence-corrected chi connectivity index (χ1v) is 11.6. The Hall–Kier alpha value is -4.04. The second kappa shape index (κ2) is 8.72. The lowest BCUT2D eigenvalue weighted by molar-refractivity contribution is 0.476. The summed E-state index contributed by atoms with van der Waals surface area (Å²) in [7, 11) is 0. The molecular weight excluding hydrogens is 416 g/mol. The van der Waals surface area contributed by atoms with E-state index in [1.54, 1.807) is 0 Å². The van der Waals surface area contributed by atoms with E-state index in [2.05, 4.69) is 45.0 Å². The molecule has 0 spiro atoms. The quantitative estimate of drug-likeness (QED) is 0.300. The molecule has 0 atom stereocenters. The van der Waals surface area contributed by atoms with Crippen molar-refractivity contribution in [2.45, 2.75) is 26.2 Å². The molecule has 0 saturated carbocycles. The Kier molecular flexibility index (Phi) is 5.59. The van der Waals surface area contributed by atoms with Crippen molar-refractivity contribution < 1.29 is 9.84 Å². The summed E-state index contributed by atoms with van der Waals surface area (Å²) >= 11 is 0. The molecule has 0 heterocycles. The summed E-state index contributed by atoms with van der Waals surface area (Å²) in [6.45, 7) is 6.61. The molecule has 0 bridgehead atoms. The van der Waals surface area contributed by atoms with Crippen molar-refractivity contribution in [3.63, 3.8) is 0 Å². The van der Waals surface area contributed by atoms with Gasteiger partial charge in [0.15, 0.2) is 0 Å². The number of aromatic hydroxyl groups is 1. The number of rotatable bonds is 4. The zero-order valence-electron chi connectivity index (χ0n) is 19.7. The maximum absolute atomic E-state index is 11.5. The minimum Gasteiger partial charge on any atom is -0.507 e. The van der Waals surface area contributed by atoms with Crippen molar-refractivity contribution in [1.82, 2.24) is 0 Å². The average Bonchev–Trinajstić information content (AvgIpc) is 2.86. The number of phenolic OH excluding ortho intramolecular Hbond substituents is 1. The van der Waals surface area contributed by atoms with Gasteiger partial charge in [0.1, 0.15) is 17.2 Å². The van der Waals surface area contributed by atoms with Crippen molar-refractivity contribution in [3.8, 4) is 39.5 Å². The van der Waals surface area contributed by atoms with Crippen LogP contribution in [0, 0.1) is 0 Å². The highest BCUT2D eigenvalue weighted by Gasteiger charge is 2.23. The lowest BCUT2D eigenvalue weighted by Gasteiger charge is -2.22. The van der Waals surface area contributed by atoms with E-state index in [0.29, 0.717) is 0 Å². The SMILES string of the molecule is CC(C)(C)c1ccc(Oc2c(-c3ccccc3)c(-c3ccccc3)c(O)c3ccccc23)cc1. The van der Waals surface area contributed by atoms with Gasteiger partial charge in [-0.15, -0.1) is 0 Å². The number of ether oxygens (including phenoxy) is 1. The normalized spacial score (nSPS) is 11.5. The molecular formula is C32H28O2. The second-order valence-electron chi connectivity index (χ2n) is 9.58. The van der Waals surface area contributed by atoms with E-state index in [9.17, 15) is 5.11 Å². The largest absolute Gasteiger partial charge is 0.507 e. The van der Waals surface area contributed by atoms with Gasteiger partial charge in [0, 0.05) is 21.9 Å². The van der Waals surface area contributed by atoms with Crippen LogP contribution in [-0.2, 0) is 5.41 Å². The number of benzene rings is 5. The van der Waals surface area contributed by atoms with Crippen LogP contribution in [0.5, 0.6) is 17.2 Å². The molecule has 2 nitrogen and oxygen atoms in total. The third-order valence-electron chi connectivity index (χ3n) is 6.21. The standard InChI is InChI=1S/C32H28O2/c1-32(2,3)24-18-20-25(21-19-24)34-31-27-17-11-10-16-26(27)30(33)28(22-12-6-4-7-13-22)29(31)23-14-8-5-9-15-23/h4-21,33H,1-3H3. The molecule has 0 aliphatic rings. The molecule has 0 saturated heterocycles. The van der Waals surface area contributed by atoms with Crippen LogP contribution in [0.1, 0.15) is 26.3 Å². The molecule has 1 N–H and O–H groups in total. The van der Waals surface area contributed by atoms with Crippen molar-refractivity contribution in [2.24, 2.45) is 0 Å². The van der Waals surface area contributed by atoms with Crippen LogP contribution in [-0.4, -0.2) is 5.11 Å². The first kappa shape index (κ1) is 21.8. The van der Waals surface area contributed by atoms with Gasteiger partial charge in [0.25, 0.3) is 0 Å². The van der Waals surface area contributed by atoms with Crippen molar-refractivity contribution in [1.29, 1.82) is 0 Å². The summed E-state index contributed by atoms with van der Waals surface area (Å²) < 4.78 is 6.65. The summed E-state index contributed by atoms with van der Waals surface area (Å²) in [5.74, 6) is 1.76. The molecule has 0 amide bonds. The summed E-state index contributed by atoms with van der Waals surface area (Å²) in [6.07, 6.45) is 0. The van der Waals surface area contributed by atoms with E-state index in [1.165, 1.54) is 5.56 Å². The average molecular weight is 445 g/mol. The Labute approximate surface area is 201 Å². The van der Waals surface area contributed by atoms with Gasteiger partial charge >= 0.3 is 0 Å². The van der Waals surface area contributed by atoms with E-state index in [-0.39, 0.29) is 11.2 Å². The Balaban J connectivity index is 1.80. The minimum absolute atomic E-state index is 0.0689. The third kappa shape index (κ3) is 4.04. The smallest absolute Gasteiger partial charge is 0.143 e. The van der Waals surface area contributed by atoms with Crippen LogP contribution < -0.4 is 4.74 Å². The summed E-state index contributed by atoms with van der Waals surface area (Å²) in [4.78, 5) is 0. The predicted molar refractivity (Wildman–Crippen MR) is 142 cm³/mol. The van der Waals surface area contributed by atoms with Gasteiger partial charge in [-0.2, -0.15) is 0 Å². The highest BCUT2D eigenvalue weighted by Crippen LogP contribution is 2.51. The van der Waals surface area contributed by atoms with Crippen molar-refractivity contribution >= 4 is 10.8 Å². The molecule has 5 aromatic carbocycles. The van der Waals surface area contributed by atoms with Crippen molar-refractivity contribution in [2.75, 3.05) is 0 Å². The zero-order valence-corrected chi connectivity index (χ0v) is 19.7. The number of fused-ring (bicyclic) bond motifs is 1. The lowest BCUT2D eigenvalue weighted by Crippen LogP contribution is -2.10. The monoisotopic (exact) mass is 444 g/mol. The molecule has 0 aliphatic carbocycles. The number of hydrogen-bond donors (Lipinski definition) is 1. The fraction of sp³-hybridized carbons (Fsp3) is 0.125. The van der Waals surface area contributed by atoms with Gasteiger partial charge in [0.05, 0.1) is 0 Å². The molecule has 5 aromatic rings. The van der Waals surface area contributed by atoms with E-state index in [4.69, 9.17) is 4.74 Å². The minimum atomic E-state index is 0.0689. The van der Waals surface area contributed by atoms with E-state index in [0.717, 1.165) is 44.5 Å². The third-order valence-corrected chi connectivity index (χ3v) is 6.21. The Morgan fingerprint density at radius 3 is 1.62 bits per heavy atom. The van der Waals surface area contributed by atoms with Crippen LogP contribution in [0.3, 0.4) is 0 Å². The van der Waals surface area contributed by atoms with E-state index < -0.39 is 0 Å². The number of phenols is 1. The molecule has 168 valence electrons. The summed E-state index contributed by atoms with van der Waals surface area (Å²) in [5.41, 5.74) is 4.90. The molecule has 5 rings (SSSR count). The van der Waals surface area contributed by atoms with Crippen LogP contribution in [0.2, 0.25) is 0 Å². The molecule has 0 unspecified atom stereocenters. The van der Waals surface area contributed by atoms with Gasteiger partial charge < -0.3 is 9.84 Å². The molecule has 0 fully saturated rings. The van der Waals surface area contributed by atoms with Gasteiger partial charge in [-0.05, 0) is 34.2 Å². The van der Waals surface area contributed by atoms with E-state index >= 15 is 0 Å². The van der Waals surface area contributed by atoms with Crippen LogP contribution in [0.25, 0.3) is 33.0 Å². The molecule has 34 heavy (non-hydrogen) atoms. The van der Waals surface area contributed by atoms with Crippen LogP contribution >= 0.6 is 0 Å². The van der Waals surface area contributed by atoms with Crippen LogP contribution in [0.4, 0.5) is 0 Å². The maximum atomic E-state index is 11.5. The first-order chi connectivity index (χ1) is 16.4. The van der Waals surface area contributed by atoms with Gasteiger partial charge in [0.2, 0.25) is 0 Å². The Bertz CT molecular complexity index is 1430. The highest BCUT2D eigenvalue weighted by atomic mass is 16.5. The topological polar surface area (TPSA) is 29.5 Å². The Morgan fingerprint density at radius 2 is 1.06 bits per heavy atom. The van der Waals surface area contributed by atoms with Gasteiger partial charge in [-0.25, -0.2) is 0 Å². The molecule has 0 radical (unpaired) electrons.